The van der Waals surface area contributed by atoms with E-state index < -0.39 is 0 Å². The molecule has 82 valence electrons. The fourth-order valence-corrected chi connectivity index (χ4v) is 1.35. The highest BCUT2D eigenvalue weighted by Crippen LogP contribution is 2.13. The molecule has 0 atom stereocenters. The van der Waals surface area contributed by atoms with Crippen LogP contribution in [0.15, 0.2) is 18.3 Å². The second kappa shape index (κ2) is 5.34. The van der Waals surface area contributed by atoms with Gasteiger partial charge in [0.25, 0.3) is 0 Å². The quantitative estimate of drug-likeness (QED) is 0.701. The van der Waals surface area contributed by atoms with Crippen molar-refractivity contribution in [1.29, 1.82) is 0 Å². The molecule has 4 nitrogen and oxygen atoms in total. The van der Waals surface area contributed by atoms with Gasteiger partial charge in [0.2, 0.25) is 0 Å². The predicted octanol–water partition coefficient (Wildman–Crippen LogP) is 1.39. The molecule has 0 aliphatic rings. The summed E-state index contributed by atoms with van der Waals surface area (Å²) in [6.45, 7) is 4.40. The number of carbonyl (C=O) groups is 1. The smallest absolute Gasteiger partial charge is 0.325 e. The van der Waals surface area contributed by atoms with Crippen molar-refractivity contribution in [2.24, 2.45) is 0 Å². The Morgan fingerprint density at radius 2 is 2.33 bits per heavy atom. The first-order chi connectivity index (χ1) is 7.15. The highest BCUT2D eigenvalue weighted by molar-refractivity contribution is 5.75. The van der Waals surface area contributed by atoms with Gasteiger partial charge in [-0.3, -0.25) is 4.79 Å². The summed E-state index contributed by atoms with van der Waals surface area (Å²) >= 11 is 0. The Morgan fingerprint density at radius 1 is 1.60 bits per heavy atom. The molecule has 15 heavy (non-hydrogen) atoms. The number of hydrogen-bond acceptors (Lipinski definition) is 4. The third-order valence-electron chi connectivity index (χ3n) is 2.01. The molecule has 0 N–H and O–H groups in total. The van der Waals surface area contributed by atoms with Crippen molar-refractivity contribution < 1.29 is 9.53 Å². The van der Waals surface area contributed by atoms with Crippen molar-refractivity contribution in [2.45, 2.75) is 13.8 Å². The summed E-state index contributed by atoms with van der Waals surface area (Å²) < 4.78 is 4.87. The predicted molar refractivity (Wildman–Crippen MR) is 58.9 cm³/mol. The molecule has 0 aromatic carbocycles. The lowest BCUT2D eigenvalue weighted by Gasteiger charge is -2.18. The van der Waals surface area contributed by atoms with Crippen LogP contribution in [0.3, 0.4) is 0 Å². The molecule has 1 heterocycles. The summed E-state index contributed by atoms with van der Waals surface area (Å²) in [5.74, 6) is 0.579. The van der Waals surface area contributed by atoms with E-state index in [-0.39, 0.29) is 12.5 Å². The van der Waals surface area contributed by atoms with Crippen molar-refractivity contribution in [3.8, 4) is 0 Å². The number of pyridine rings is 1. The van der Waals surface area contributed by atoms with Gasteiger partial charge in [-0.2, -0.15) is 0 Å². The first-order valence-electron chi connectivity index (χ1n) is 4.93. The van der Waals surface area contributed by atoms with Gasteiger partial charge in [0.15, 0.2) is 0 Å². The van der Waals surface area contributed by atoms with Crippen LogP contribution >= 0.6 is 0 Å². The number of likely N-dealkylation sites (N-methyl/N-ethyl adjacent to an activating group) is 1. The van der Waals surface area contributed by atoms with Crippen molar-refractivity contribution in [2.75, 3.05) is 25.1 Å². The average Bonchev–Trinajstić information content (AvgIpc) is 2.18. The first-order valence-corrected chi connectivity index (χ1v) is 4.93. The number of aromatic nitrogens is 1. The molecule has 0 radical (unpaired) electrons. The van der Waals surface area contributed by atoms with E-state index in [2.05, 4.69) is 4.98 Å². The molecule has 0 aliphatic heterocycles. The van der Waals surface area contributed by atoms with E-state index in [0.29, 0.717) is 6.61 Å². The van der Waals surface area contributed by atoms with Crippen LogP contribution < -0.4 is 4.90 Å². The van der Waals surface area contributed by atoms with Crippen LogP contribution in [-0.2, 0) is 9.53 Å². The van der Waals surface area contributed by atoms with Gasteiger partial charge >= 0.3 is 5.97 Å². The maximum absolute atomic E-state index is 11.2. The van der Waals surface area contributed by atoms with Crippen LogP contribution in [0.5, 0.6) is 0 Å². The molecular weight excluding hydrogens is 192 g/mol. The van der Waals surface area contributed by atoms with E-state index in [4.69, 9.17) is 4.74 Å². The fraction of sp³-hybridized carbons (Fsp3) is 0.455. The minimum absolute atomic E-state index is 0.228. The Labute approximate surface area is 89.9 Å². The van der Waals surface area contributed by atoms with Crippen molar-refractivity contribution in [1.82, 2.24) is 4.98 Å². The highest BCUT2D eigenvalue weighted by Gasteiger charge is 2.10. The molecular formula is C11H16N2O2. The number of aryl methyl sites for hydroxylation is 1. The Balaban J connectivity index is 2.65. The van der Waals surface area contributed by atoms with Gasteiger partial charge in [0, 0.05) is 13.2 Å². The number of anilines is 1. The van der Waals surface area contributed by atoms with Crippen LogP contribution in [0.1, 0.15) is 12.5 Å². The Bertz CT molecular complexity index is 339. The zero-order valence-electron chi connectivity index (χ0n) is 9.36. The van der Waals surface area contributed by atoms with Crippen LogP contribution in [0, 0.1) is 6.92 Å². The second-order valence-electron chi connectivity index (χ2n) is 3.30. The molecule has 0 fully saturated rings. The van der Waals surface area contributed by atoms with Gasteiger partial charge in [-0.25, -0.2) is 4.98 Å². The third kappa shape index (κ3) is 3.23. The normalized spacial score (nSPS) is 9.80. The maximum Gasteiger partial charge on any atom is 0.325 e. The van der Waals surface area contributed by atoms with E-state index in [1.807, 2.05) is 26.1 Å². The summed E-state index contributed by atoms with van der Waals surface area (Å²) in [7, 11) is 1.83. The molecule has 0 saturated carbocycles. The molecule has 4 heteroatoms. The largest absolute Gasteiger partial charge is 0.465 e. The minimum atomic E-state index is -0.231. The lowest BCUT2D eigenvalue weighted by atomic mass is 10.3. The van der Waals surface area contributed by atoms with Crippen LogP contribution in [-0.4, -0.2) is 31.2 Å². The number of esters is 1. The maximum atomic E-state index is 11.2. The average molecular weight is 208 g/mol. The van der Waals surface area contributed by atoms with Crippen LogP contribution in [0.2, 0.25) is 0 Å². The van der Waals surface area contributed by atoms with E-state index in [1.54, 1.807) is 18.0 Å². The van der Waals surface area contributed by atoms with E-state index >= 15 is 0 Å². The van der Waals surface area contributed by atoms with Gasteiger partial charge in [0.05, 0.1) is 6.61 Å². The summed E-state index contributed by atoms with van der Waals surface area (Å²) in [5.41, 5.74) is 1.05. The molecule has 0 amide bonds. The summed E-state index contributed by atoms with van der Waals surface area (Å²) in [6, 6.07) is 3.83. The molecule has 1 aromatic heterocycles. The topological polar surface area (TPSA) is 42.4 Å². The number of rotatable bonds is 4. The number of hydrogen-bond donors (Lipinski definition) is 0. The zero-order chi connectivity index (χ0) is 11.3. The molecule has 0 bridgehead atoms. The van der Waals surface area contributed by atoms with Crippen LogP contribution in [0.4, 0.5) is 5.82 Å². The summed E-state index contributed by atoms with van der Waals surface area (Å²) in [6.07, 6.45) is 1.71. The van der Waals surface area contributed by atoms with Crippen LogP contribution in [0.25, 0.3) is 0 Å². The second-order valence-corrected chi connectivity index (χ2v) is 3.30. The number of nitrogens with zero attached hydrogens (tertiary/aromatic N) is 2. The Morgan fingerprint density at radius 3 is 2.93 bits per heavy atom. The molecule has 0 unspecified atom stereocenters. The lowest BCUT2D eigenvalue weighted by Crippen LogP contribution is -2.28. The first kappa shape index (κ1) is 11.5. The van der Waals surface area contributed by atoms with Gasteiger partial charge in [-0.05, 0) is 25.5 Å². The third-order valence-corrected chi connectivity index (χ3v) is 2.01. The van der Waals surface area contributed by atoms with Crippen molar-refractivity contribution in [3.05, 3.63) is 23.9 Å². The summed E-state index contributed by atoms with van der Waals surface area (Å²) in [5, 5.41) is 0. The highest BCUT2D eigenvalue weighted by atomic mass is 16.5. The number of carbonyl (C=O) groups excluding carboxylic acids is 1. The minimum Gasteiger partial charge on any atom is -0.465 e. The van der Waals surface area contributed by atoms with Gasteiger partial charge in [-0.15, -0.1) is 0 Å². The SMILES string of the molecule is CCOC(=O)CN(C)c1ncccc1C. The van der Waals surface area contributed by atoms with Crippen molar-refractivity contribution >= 4 is 11.8 Å². The van der Waals surface area contributed by atoms with Gasteiger partial charge in [-0.1, -0.05) is 6.07 Å². The van der Waals surface area contributed by atoms with Crippen molar-refractivity contribution in [3.63, 3.8) is 0 Å². The Kier molecular flexibility index (Phi) is 4.09. The van der Waals surface area contributed by atoms with Gasteiger partial charge < -0.3 is 9.64 Å². The standard InChI is InChI=1S/C11H16N2O2/c1-4-15-10(14)8-13(3)11-9(2)6-5-7-12-11/h5-7H,4,8H2,1-3H3. The monoisotopic (exact) mass is 208 g/mol. The van der Waals surface area contributed by atoms with Gasteiger partial charge in [0.1, 0.15) is 12.4 Å². The number of ether oxygens (including phenoxy) is 1. The molecule has 0 saturated heterocycles. The lowest BCUT2D eigenvalue weighted by molar-refractivity contribution is -0.141. The Hall–Kier alpha value is -1.58. The fourth-order valence-electron chi connectivity index (χ4n) is 1.35. The van der Waals surface area contributed by atoms with E-state index in [1.165, 1.54) is 0 Å². The molecule has 0 aliphatic carbocycles. The molecule has 1 aromatic rings. The summed E-state index contributed by atoms with van der Waals surface area (Å²) in [4.78, 5) is 17.2. The van der Waals surface area contributed by atoms with E-state index in [0.717, 1.165) is 11.4 Å². The molecule has 0 spiro atoms. The van der Waals surface area contributed by atoms with E-state index in [9.17, 15) is 4.79 Å². The molecule has 1 rings (SSSR count). The zero-order valence-corrected chi connectivity index (χ0v) is 9.36.